The van der Waals surface area contributed by atoms with Crippen molar-refractivity contribution in [3.8, 4) is 0 Å². The smallest absolute Gasteiger partial charge is 0.309 e. The van der Waals surface area contributed by atoms with Crippen molar-refractivity contribution < 1.29 is 9.90 Å². The summed E-state index contributed by atoms with van der Waals surface area (Å²) in [6.07, 6.45) is 1.93. The molecule has 17 heavy (non-hydrogen) atoms. The van der Waals surface area contributed by atoms with E-state index in [4.69, 9.17) is 5.11 Å². The van der Waals surface area contributed by atoms with Crippen LogP contribution in [0.15, 0.2) is 18.3 Å². The highest BCUT2D eigenvalue weighted by Gasteiger charge is 2.12. The van der Waals surface area contributed by atoms with E-state index in [0.29, 0.717) is 11.6 Å². The Hall–Kier alpha value is -1.84. The normalized spacial score (nSPS) is 11.3. The second-order valence-electron chi connectivity index (χ2n) is 4.55. The number of hydrogen-bond donors (Lipinski definition) is 1. The van der Waals surface area contributed by atoms with Gasteiger partial charge in [0.05, 0.1) is 17.6 Å². The van der Waals surface area contributed by atoms with Crippen LogP contribution in [0.25, 0.3) is 5.52 Å². The monoisotopic (exact) mass is 232 g/mol. The van der Waals surface area contributed by atoms with Gasteiger partial charge in [-0.3, -0.25) is 4.79 Å². The molecule has 0 amide bonds. The Bertz CT molecular complexity index is 570. The van der Waals surface area contributed by atoms with Crippen molar-refractivity contribution in [3.63, 3.8) is 0 Å². The summed E-state index contributed by atoms with van der Waals surface area (Å²) in [4.78, 5) is 15.1. The molecular weight excluding hydrogens is 216 g/mol. The van der Waals surface area contributed by atoms with Gasteiger partial charge in [0.1, 0.15) is 5.82 Å². The molecule has 4 nitrogen and oxygen atoms in total. The van der Waals surface area contributed by atoms with Gasteiger partial charge in [0.2, 0.25) is 0 Å². The predicted octanol–water partition coefficient (Wildman–Crippen LogP) is 2.39. The number of carboxylic acid groups (broad SMARTS) is 1. The predicted molar refractivity (Wildman–Crippen MR) is 65.4 cm³/mol. The van der Waals surface area contributed by atoms with Crippen LogP contribution >= 0.6 is 0 Å². The number of hydrogen-bond acceptors (Lipinski definition) is 2. The molecule has 0 saturated heterocycles. The molecule has 0 spiro atoms. The van der Waals surface area contributed by atoms with Gasteiger partial charge in [-0.05, 0) is 30.5 Å². The molecule has 0 bridgehead atoms. The topological polar surface area (TPSA) is 54.6 Å². The van der Waals surface area contributed by atoms with E-state index in [1.165, 1.54) is 5.56 Å². The maximum Gasteiger partial charge on any atom is 0.309 e. The molecule has 2 aromatic heterocycles. The first-order valence-electron chi connectivity index (χ1n) is 5.68. The molecule has 0 radical (unpaired) electrons. The van der Waals surface area contributed by atoms with Crippen molar-refractivity contribution in [3.05, 3.63) is 35.4 Å². The first-order chi connectivity index (χ1) is 7.99. The standard InChI is InChI=1S/C13H16N2O2/c1-8(2)10-4-5-15-9(3)14-11(7-13(16)17)12(15)6-10/h4-6,8H,7H2,1-3H3,(H,16,17). The van der Waals surface area contributed by atoms with Gasteiger partial charge in [-0.1, -0.05) is 13.8 Å². The fourth-order valence-electron chi connectivity index (χ4n) is 1.96. The third kappa shape index (κ3) is 2.16. The van der Waals surface area contributed by atoms with Crippen molar-refractivity contribution >= 4 is 11.5 Å². The second kappa shape index (κ2) is 4.20. The van der Waals surface area contributed by atoms with Gasteiger partial charge < -0.3 is 9.51 Å². The van der Waals surface area contributed by atoms with E-state index in [1.807, 2.05) is 23.6 Å². The molecule has 0 unspecified atom stereocenters. The van der Waals surface area contributed by atoms with Crippen LogP contribution in [0.5, 0.6) is 0 Å². The number of imidazole rings is 1. The summed E-state index contributed by atoms with van der Waals surface area (Å²) in [6, 6.07) is 4.08. The molecule has 0 aliphatic rings. The van der Waals surface area contributed by atoms with E-state index < -0.39 is 5.97 Å². The molecule has 0 aromatic carbocycles. The van der Waals surface area contributed by atoms with E-state index in [9.17, 15) is 4.79 Å². The summed E-state index contributed by atoms with van der Waals surface area (Å²) in [5, 5.41) is 8.86. The van der Waals surface area contributed by atoms with Crippen LogP contribution in [-0.4, -0.2) is 20.5 Å². The molecule has 2 heterocycles. The van der Waals surface area contributed by atoms with Gasteiger partial charge in [0, 0.05) is 6.20 Å². The lowest BCUT2D eigenvalue weighted by Gasteiger charge is -2.06. The zero-order chi connectivity index (χ0) is 12.6. The summed E-state index contributed by atoms with van der Waals surface area (Å²) in [6.45, 7) is 6.12. The quantitative estimate of drug-likeness (QED) is 0.884. The third-order valence-electron chi connectivity index (χ3n) is 2.91. The van der Waals surface area contributed by atoms with Gasteiger partial charge in [-0.2, -0.15) is 0 Å². The fraction of sp³-hybridized carbons (Fsp3) is 0.385. The van der Waals surface area contributed by atoms with Crippen molar-refractivity contribution in [2.24, 2.45) is 0 Å². The van der Waals surface area contributed by atoms with E-state index in [1.54, 1.807) is 0 Å². The van der Waals surface area contributed by atoms with Crippen LogP contribution in [0.1, 0.15) is 36.8 Å². The average molecular weight is 232 g/mol. The molecule has 2 rings (SSSR count). The van der Waals surface area contributed by atoms with Crippen molar-refractivity contribution in [1.82, 2.24) is 9.38 Å². The van der Waals surface area contributed by atoms with Crippen LogP contribution < -0.4 is 0 Å². The Kier molecular flexibility index (Phi) is 2.88. The molecule has 0 fully saturated rings. The highest BCUT2D eigenvalue weighted by atomic mass is 16.4. The largest absolute Gasteiger partial charge is 0.481 e. The lowest BCUT2D eigenvalue weighted by Crippen LogP contribution is -2.01. The number of rotatable bonds is 3. The number of nitrogens with zero attached hydrogens (tertiary/aromatic N) is 2. The number of aliphatic carboxylic acids is 1. The molecule has 4 heteroatoms. The minimum Gasteiger partial charge on any atom is -0.481 e. The van der Waals surface area contributed by atoms with Gasteiger partial charge in [-0.15, -0.1) is 0 Å². The van der Waals surface area contributed by atoms with Gasteiger partial charge in [0.15, 0.2) is 0 Å². The van der Waals surface area contributed by atoms with Gasteiger partial charge in [-0.25, -0.2) is 4.98 Å². The summed E-state index contributed by atoms with van der Waals surface area (Å²) in [5.74, 6) is 0.402. The SMILES string of the molecule is Cc1nc(CC(=O)O)c2cc(C(C)C)ccn12. The number of carboxylic acids is 1. The summed E-state index contributed by atoms with van der Waals surface area (Å²) >= 11 is 0. The molecule has 0 atom stereocenters. The molecule has 1 N–H and O–H groups in total. The van der Waals surface area contributed by atoms with E-state index >= 15 is 0 Å². The lowest BCUT2D eigenvalue weighted by atomic mass is 10.0. The zero-order valence-corrected chi connectivity index (χ0v) is 10.3. The Labute approximate surface area is 99.9 Å². The molecule has 0 aliphatic heterocycles. The van der Waals surface area contributed by atoms with Crippen molar-refractivity contribution in [2.75, 3.05) is 0 Å². The molecule has 0 saturated carbocycles. The Morgan fingerprint density at radius 2 is 2.24 bits per heavy atom. The van der Waals surface area contributed by atoms with Crippen LogP contribution in [-0.2, 0) is 11.2 Å². The Morgan fingerprint density at radius 1 is 1.53 bits per heavy atom. The van der Waals surface area contributed by atoms with Crippen LogP contribution in [0.2, 0.25) is 0 Å². The number of pyridine rings is 1. The minimum atomic E-state index is -0.847. The summed E-state index contributed by atoms with van der Waals surface area (Å²) < 4.78 is 1.93. The second-order valence-corrected chi connectivity index (χ2v) is 4.55. The van der Waals surface area contributed by atoms with E-state index in [-0.39, 0.29) is 6.42 Å². The van der Waals surface area contributed by atoms with Gasteiger partial charge >= 0.3 is 5.97 Å². The minimum absolute atomic E-state index is 0.0289. The number of carbonyl (C=O) groups is 1. The number of aryl methyl sites for hydroxylation is 1. The van der Waals surface area contributed by atoms with Crippen LogP contribution in [0.3, 0.4) is 0 Å². The highest BCUT2D eigenvalue weighted by molar-refractivity contribution is 5.73. The van der Waals surface area contributed by atoms with Crippen molar-refractivity contribution in [1.29, 1.82) is 0 Å². The number of aromatic nitrogens is 2. The summed E-state index contributed by atoms with van der Waals surface area (Å²) in [7, 11) is 0. The van der Waals surface area contributed by atoms with Crippen LogP contribution in [0.4, 0.5) is 0 Å². The van der Waals surface area contributed by atoms with E-state index in [0.717, 1.165) is 11.3 Å². The lowest BCUT2D eigenvalue weighted by molar-refractivity contribution is -0.136. The molecular formula is C13H16N2O2. The number of fused-ring (bicyclic) bond motifs is 1. The average Bonchev–Trinajstić information content (AvgIpc) is 2.54. The van der Waals surface area contributed by atoms with Crippen molar-refractivity contribution in [2.45, 2.75) is 33.1 Å². The first kappa shape index (κ1) is 11.6. The summed E-state index contributed by atoms with van der Waals surface area (Å²) in [5.41, 5.74) is 2.73. The highest BCUT2D eigenvalue weighted by Crippen LogP contribution is 2.20. The Balaban J connectivity index is 2.60. The fourth-order valence-corrected chi connectivity index (χ4v) is 1.96. The molecule has 90 valence electrons. The maximum atomic E-state index is 10.8. The Morgan fingerprint density at radius 3 is 2.82 bits per heavy atom. The van der Waals surface area contributed by atoms with E-state index in [2.05, 4.69) is 24.9 Å². The van der Waals surface area contributed by atoms with Crippen LogP contribution in [0, 0.1) is 6.92 Å². The third-order valence-corrected chi connectivity index (χ3v) is 2.91. The zero-order valence-electron chi connectivity index (χ0n) is 10.3. The molecule has 0 aliphatic carbocycles. The first-order valence-corrected chi connectivity index (χ1v) is 5.68. The molecule has 2 aromatic rings. The van der Waals surface area contributed by atoms with Gasteiger partial charge in [0.25, 0.3) is 0 Å². The maximum absolute atomic E-state index is 10.8.